The number of anilines is 1. The Balaban J connectivity index is 1.73. The van der Waals surface area contributed by atoms with Crippen molar-refractivity contribution in [2.45, 2.75) is 13.8 Å². The molecule has 3 heteroatoms. The van der Waals surface area contributed by atoms with Crippen molar-refractivity contribution < 1.29 is 4.74 Å². The van der Waals surface area contributed by atoms with Crippen LogP contribution >= 0.6 is 12.2 Å². The van der Waals surface area contributed by atoms with Crippen molar-refractivity contribution in [3.63, 3.8) is 0 Å². The maximum absolute atomic E-state index is 5.72. The van der Waals surface area contributed by atoms with Crippen LogP contribution in [-0.2, 0) is 0 Å². The second-order valence-corrected chi connectivity index (χ2v) is 5.69. The van der Waals surface area contributed by atoms with E-state index in [1.165, 1.54) is 16.5 Å². The molecule has 3 rings (SSSR count). The van der Waals surface area contributed by atoms with Gasteiger partial charge in [0.25, 0.3) is 5.17 Å². The molecule has 0 aliphatic rings. The molecule has 3 aromatic rings. The van der Waals surface area contributed by atoms with Gasteiger partial charge in [0.05, 0.1) is 0 Å². The molecule has 0 amide bonds. The third-order valence-electron chi connectivity index (χ3n) is 3.68. The van der Waals surface area contributed by atoms with Crippen molar-refractivity contribution in [1.29, 1.82) is 0 Å². The van der Waals surface area contributed by atoms with E-state index in [0.29, 0.717) is 5.17 Å². The third kappa shape index (κ3) is 3.26. The third-order valence-corrected chi connectivity index (χ3v) is 3.87. The number of ether oxygens (including phenoxy) is 1. The van der Waals surface area contributed by atoms with Crippen molar-refractivity contribution in [3.05, 3.63) is 71.8 Å². The van der Waals surface area contributed by atoms with Crippen LogP contribution in [0.5, 0.6) is 5.75 Å². The summed E-state index contributed by atoms with van der Waals surface area (Å²) < 4.78 is 5.72. The molecule has 3 aromatic carbocycles. The second-order valence-electron chi connectivity index (χ2n) is 5.32. The monoisotopic (exact) mass is 307 g/mol. The summed E-state index contributed by atoms with van der Waals surface area (Å²) in [6.07, 6.45) is 0. The molecule has 0 unspecified atom stereocenters. The number of hydrogen-bond acceptors (Lipinski definition) is 2. The van der Waals surface area contributed by atoms with Gasteiger partial charge in [0.15, 0.2) is 0 Å². The average molecular weight is 307 g/mol. The Morgan fingerprint density at radius 2 is 1.64 bits per heavy atom. The van der Waals surface area contributed by atoms with E-state index in [2.05, 4.69) is 43.4 Å². The highest BCUT2D eigenvalue weighted by atomic mass is 32.1. The standard InChI is InChI=1S/C19H17NOS/c1-13-7-9-17(11-14(13)2)20-19(22)21-18-10-8-15-5-3-4-6-16(15)12-18/h3-12H,1-2H3,(H,20,22). The molecule has 0 spiro atoms. The largest absolute Gasteiger partial charge is 0.432 e. The van der Waals surface area contributed by atoms with E-state index in [0.717, 1.165) is 16.8 Å². The van der Waals surface area contributed by atoms with Crippen LogP contribution in [0.4, 0.5) is 5.69 Å². The Morgan fingerprint density at radius 1 is 0.864 bits per heavy atom. The fourth-order valence-electron chi connectivity index (χ4n) is 2.30. The molecule has 110 valence electrons. The van der Waals surface area contributed by atoms with Crippen LogP contribution in [0.3, 0.4) is 0 Å². The van der Waals surface area contributed by atoms with Gasteiger partial charge in [-0.05, 0) is 72.2 Å². The maximum atomic E-state index is 5.72. The molecule has 0 atom stereocenters. The zero-order valence-electron chi connectivity index (χ0n) is 12.6. The van der Waals surface area contributed by atoms with Gasteiger partial charge in [0, 0.05) is 5.69 Å². The lowest BCUT2D eigenvalue weighted by molar-refractivity contribution is 0.564. The van der Waals surface area contributed by atoms with Gasteiger partial charge in [-0.15, -0.1) is 0 Å². The minimum atomic E-state index is 0.346. The molecular formula is C19H17NOS. The molecule has 0 aromatic heterocycles. The van der Waals surface area contributed by atoms with E-state index in [1.54, 1.807) is 0 Å². The number of rotatable bonds is 2. The van der Waals surface area contributed by atoms with Gasteiger partial charge in [-0.3, -0.25) is 0 Å². The Hall–Kier alpha value is -2.39. The number of aryl methyl sites for hydroxylation is 2. The van der Waals surface area contributed by atoms with E-state index in [1.807, 2.05) is 36.4 Å². The van der Waals surface area contributed by atoms with E-state index in [-0.39, 0.29) is 0 Å². The summed E-state index contributed by atoms with van der Waals surface area (Å²) in [7, 11) is 0. The number of hydrogen-bond donors (Lipinski definition) is 1. The minimum Gasteiger partial charge on any atom is -0.432 e. The van der Waals surface area contributed by atoms with Crippen molar-refractivity contribution in [3.8, 4) is 5.75 Å². The zero-order chi connectivity index (χ0) is 15.5. The summed E-state index contributed by atoms with van der Waals surface area (Å²) >= 11 is 5.28. The quantitative estimate of drug-likeness (QED) is 0.655. The first kappa shape index (κ1) is 14.5. The van der Waals surface area contributed by atoms with Gasteiger partial charge >= 0.3 is 0 Å². The molecular weight excluding hydrogens is 290 g/mol. The Morgan fingerprint density at radius 3 is 2.41 bits per heavy atom. The molecule has 0 saturated heterocycles. The predicted octanol–water partition coefficient (Wildman–Crippen LogP) is 5.23. The number of fused-ring (bicyclic) bond motifs is 1. The molecule has 0 bridgehead atoms. The van der Waals surface area contributed by atoms with Crippen molar-refractivity contribution in [1.82, 2.24) is 0 Å². The first-order valence-electron chi connectivity index (χ1n) is 7.17. The van der Waals surface area contributed by atoms with Crippen LogP contribution in [0.1, 0.15) is 11.1 Å². The van der Waals surface area contributed by atoms with Gasteiger partial charge in [-0.2, -0.15) is 0 Å². The Kier molecular flexibility index (Phi) is 4.07. The molecule has 0 fully saturated rings. The highest BCUT2D eigenvalue weighted by Crippen LogP contribution is 2.21. The van der Waals surface area contributed by atoms with E-state index in [9.17, 15) is 0 Å². The van der Waals surface area contributed by atoms with E-state index >= 15 is 0 Å². The molecule has 0 radical (unpaired) electrons. The molecule has 2 nitrogen and oxygen atoms in total. The van der Waals surface area contributed by atoms with Gasteiger partial charge < -0.3 is 10.1 Å². The zero-order valence-corrected chi connectivity index (χ0v) is 13.4. The molecule has 0 aliphatic heterocycles. The highest BCUT2D eigenvalue weighted by molar-refractivity contribution is 7.80. The van der Waals surface area contributed by atoms with Crippen LogP contribution < -0.4 is 10.1 Å². The van der Waals surface area contributed by atoms with Gasteiger partial charge in [0.1, 0.15) is 5.75 Å². The van der Waals surface area contributed by atoms with Gasteiger partial charge in [-0.1, -0.05) is 36.4 Å². The van der Waals surface area contributed by atoms with Crippen molar-refractivity contribution >= 4 is 33.9 Å². The lowest BCUT2D eigenvalue weighted by Gasteiger charge is -2.11. The van der Waals surface area contributed by atoms with Gasteiger partial charge in [0.2, 0.25) is 0 Å². The molecule has 0 aliphatic carbocycles. The Labute approximate surface area is 135 Å². The summed E-state index contributed by atoms with van der Waals surface area (Å²) in [5, 5.41) is 5.78. The molecule has 1 N–H and O–H groups in total. The first-order chi connectivity index (χ1) is 10.6. The lowest BCUT2D eigenvalue weighted by atomic mass is 10.1. The fourth-order valence-corrected chi connectivity index (χ4v) is 2.51. The number of thiocarbonyl (C=S) groups is 1. The molecule has 0 heterocycles. The van der Waals surface area contributed by atoms with Crippen molar-refractivity contribution in [2.24, 2.45) is 0 Å². The highest BCUT2D eigenvalue weighted by Gasteiger charge is 2.03. The van der Waals surface area contributed by atoms with Crippen LogP contribution in [0.15, 0.2) is 60.7 Å². The first-order valence-corrected chi connectivity index (χ1v) is 7.57. The smallest absolute Gasteiger partial charge is 0.266 e. The molecule has 0 saturated carbocycles. The Bertz CT molecular complexity index is 842. The summed E-state index contributed by atoms with van der Waals surface area (Å²) in [4.78, 5) is 0. The summed E-state index contributed by atoms with van der Waals surface area (Å²) in [6.45, 7) is 4.16. The second kappa shape index (κ2) is 6.16. The number of nitrogens with one attached hydrogen (secondary N) is 1. The van der Waals surface area contributed by atoms with Crippen molar-refractivity contribution in [2.75, 3.05) is 5.32 Å². The summed E-state index contributed by atoms with van der Waals surface area (Å²) in [5.41, 5.74) is 3.42. The van der Waals surface area contributed by atoms with Crippen LogP contribution in [0.2, 0.25) is 0 Å². The topological polar surface area (TPSA) is 21.3 Å². The van der Waals surface area contributed by atoms with Crippen LogP contribution in [0.25, 0.3) is 10.8 Å². The maximum Gasteiger partial charge on any atom is 0.266 e. The summed E-state index contributed by atoms with van der Waals surface area (Å²) in [6, 6.07) is 20.2. The SMILES string of the molecule is Cc1ccc(NC(=S)Oc2ccc3ccccc3c2)cc1C. The fraction of sp³-hybridized carbons (Fsp3) is 0.105. The average Bonchev–Trinajstić information content (AvgIpc) is 2.51. The lowest BCUT2D eigenvalue weighted by Crippen LogP contribution is -2.16. The summed E-state index contributed by atoms with van der Waals surface area (Å²) in [5.74, 6) is 0.736. The predicted molar refractivity (Wildman–Crippen MR) is 96.7 cm³/mol. The minimum absolute atomic E-state index is 0.346. The van der Waals surface area contributed by atoms with Crippen LogP contribution in [-0.4, -0.2) is 5.17 Å². The molecule has 22 heavy (non-hydrogen) atoms. The van der Waals surface area contributed by atoms with E-state index in [4.69, 9.17) is 17.0 Å². The van der Waals surface area contributed by atoms with Crippen LogP contribution in [0, 0.1) is 13.8 Å². The van der Waals surface area contributed by atoms with Gasteiger partial charge in [-0.25, -0.2) is 0 Å². The number of benzene rings is 3. The van der Waals surface area contributed by atoms with E-state index < -0.39 is 0 Å². The normalized spacial score (nSPS) is 10.5.